The fourth-order valence-electron chi connectivity index (χ4n) is 3.37. The summed E-state index contributed by atoms with van der Waals surface area (Å²) in [7, 11) is 1.86. The van der Waals surface area contributed by atoms with E-state index in [9.17, 15) is 4.79 Å². The van der Waals surface area contributed by atoms with Crippen LogP contribution in [0.2, 0.25) is 0 Å². The van der Waals surface area contributed by atoms with Crippen LogP contribution < -0.4 is 0 Å². The SMILES string of the molecule is CN(CC1CC2CCC1C2)C(=O)OC(C)(C)C. The summed E-state index contributed by atoms with van der Waals surface area (Å²) < 4.78 is 5.38. The van der Waals surface area contributed by atoms with E-state index in [0.29, 0.717) is 5.92 Å². The van der Waals surface area contributed by atoms with Gasteiger partial charge in [-0.25, -0.2) is 4.79 Å². The Kier molecular flexibility index (Phi) is 3.37. The highest BCUT2D eigenvalue weighted by atomic mass is 16.6. The van der Waals surface area contributed by atoms with Crippen molar-refractivity contribution in [2.24, 2.45) is 17.8 Å². The second-order valence-electron chi connectivity index (χ2n) is 6.80. The molecule has 2 fully saturated rings. The predicted molar refractivity (Wildman–Crippen MR) is 67.8 cm³/mol. The van der Waals surface area contributed by atoms with Crippen molar-refractivity contribution in [1.29, 1.82) is 0 Å². The zero-order valence-electron chi connectivity index (χ0n) is 11.5. The molecule has 0 N–H and O–H groups in total. The molecule has 3 atom stereocenters. The number of carbonyl (C=O) groups is 1. The lowest BCUT2D eigenvalue weighted by Crippen LogP contribution is -2.38. The van der Waals surface area contributed by atoms with Gasteiger partial charge < -0.3 is 9.64 Å². The van der Waals surface area contributed by atoms with Gasteiger partial charge >= 0.3 is 6.09 Å². The Labute approximate surface area is 105 Å². The molecule has 3 nitrogen and oxygen atoms in total. The van der Waals surface area contributed by atoms with Gasteiger partial charge in [-0.3, -0.25) is 0 Å². The van der Waals surface area contributed by atoms with Crippen molar-refractivity contribution in [1.82, 2.24) is 4.90 Å². The molecule has 0 aromatic heterocycles. The molecule has 3 heteroatoms. The number of carbonyl (C=O) groups excluding carboxylic acids is 1. The molecule has 2 rings (SSSR count). The third kappa shape index (κ3) is 3.14. The van der Waals surface area contributed by atoms with Crippen molar-refractivity contribution in [3.05, 3.63) is 0 Å². The minimum absolute atomic E-state index is 0.180. The maximum Gasteiger partial charge on any atom is 0.410 e. The molecule has 2 aliphatic carbocycles. The molecule has 0 aromatic rings. The monoisotopic (exact) mass is 239 g/mol. The molecule has 17 heavy (non-hydrogen) atoms. The first-order valence-corrected chi connectivity index (χ1v) is 6.79. The van der Waals surface area contributed by atoms with Crippen molar-refractivity contribution >= 4 is 6.09 Å². The second-order valence-corrected chi connectivity index (χ2v) is 6.80. The maximum atomic E-state index is 11.9. The number of hydrogen-bond acceptors (Lipinski definition) is 2. The average molecular weight is 239 g/mol. The zero-order valence-corrected chi connectivity index (χ0v) is 11.5. The molecule has 2 aliphatic rings. The van der Waals surface area contributed by atoms with Crippen LogP contribution in [0.15, 0.2) is 0 Å². The largest absolute Gasteiger partial charge is 0.444 e. The topological polar surface area (TPSA) is 29.5 Å². The minimum atomic E-state index is -0.389. The Balaban J connectivity index is 1.81. The van der Waals surface area contributed by atoms with Gasteiger partial charge in [0, 0.05) is 13.6 Å². The van der Waals surface area contributed by atoms with Gasteiger partial charge in [0.05, 0.1) is 0 Å². The summed E-state index contributed by atoms with van der Waals surface area (Å²) >= 11 is 0. The smallest absolute Gasteiger partial charge is 0.410 e. The lowest BCUT2D eigenvalue weighted by atomic mass is 9.88. The number of fused-ring (bicyclic) bond motifs is 2. The summed E-state index contributed by atoms with van der Waals surface area (Å²) in [5, 5.41) is 0. The third-order valence-corrected chi connectivity index (χ3v) is 4.10. The van der Waals surface area contributed by atoms with E-state index in [2.05, 4.69) is 0 Å². The van der Waals surface area contributed by atoms with E-state index in [4.69, 9.17) is 4.74 Å². The summed E-state index contributed by atoms with van der Waals surface area (Å²) in [6.45, 7) is 6.61. The Bertz CT molecular complexity index is 295. The molecule has 0 aromatic carbocycles. The Hall–Kier alpha value is -0.730. The van der Waals surface area contributed by atoms with Crippen LogP contribution in [-0.4, -0.2) is 30.2 Å². The molecular weight excluding hydrogens is 214 g/mol. The number of rotatable bonds is 2. The Morgan fingerprint density at radius 3 is 2.47 bits per heavy atom. The summed E-state index contributed by atoms with van der Waals surface area (Å²) in [6, 6.07) is 0. The molecule has 0 aliphatic heterocycles. The summed E-state index contributed by atoms with van der Waals surface area (Å²) in [4.78, 5) is 13.6. The van der Waals surface area contributed by atoms with Gasteiger partial charge in [-0.2, -0.15) is 0 Å². The van der Waals surface area contributed by atoms with Gasteiger partial charge in [0.25, 0.3) is 0 Å². The average Bonchev–Trinajstić information content (AvgIpc) is 2.76. The van der Waals surface area contributed by atoms with E-state index < -0.39 is 0 Å². The van der Waals surface area contributed by atoms with Gasteiger partial charge in [0.15, 0.2) is 0 Å². The summed E-state index contributed by atoms with van der Waals surface area (Å²) in [5.41, 5.74) is -0.389. The van der Waals surface area contributed by atoms with Crippen LogP contribution in [-0.2, 0) is 4.74 Å². The molecule has 3 unspecified atom stereocenters. The van der Waals surface area contributed by atoms with Crippen LogP contribution in [0.3, 0.4) is 0 Å². The Morgan fingerprint density at radius 1 is 1.29 bits per heavy atom. The van der Waals surface area contributed by atoms with E-state index in [1.54, 1.807) is 4.90 Å². The van der Waals surface area contributed by atoms with Gasteiger partial charge in [0.2, 0.25) is 0 Å². The van der Waals surface area contributed by atoms with Crippen LogP contribution in [0, 0.1) is 17.8 Å². The van der Waals surface area contributed by atoms with Crippen molar-refractivity contribution in [3.8, 4) is 0 Å². The fraction of sp³-hybridized carbons (Fsp3) is 0.929. The lowest BCUT2D eigenvalue weighted by molar-refractivity contribution is 0.0257. The van der Waals surface area contributed by atoms with Crippen molar-refractivity contribution < 1.29 is 9.53 Å². The van der Waals surface area contributed by atoms with Gasteiger partial charge in [-0.05, 0) is 57.8 Å². The molecule has 0 spiro atoms. The van der Waals surface area contributed by atoms with E-state index >= 15 is 0 Å². The maximum absolute atomic E-state index is 11.9. The number of amides is 1. The molecule has 2 bridgehead atoms. The number of nitrogens with zero attached hydrogens (tertiary/aromatic N) is 1. The van der Waals surface area contributed by atoms with Crippen molar-refractivity contribution in [2.75, 3.05) is 13.6 Å². The third-order valence-electron chi connectivity index (χ3n) is 4.10. The highest BCUT2D eigenvalue weighted by molar-refractivity contribution is 5.67. The number of ether oxygens (including phenoxy) is 1. The lowest BCUT2D eigenvalue weighted by Gasteiger charge is -2.29. The first-order chi connectivity index (χ1) is 7.85. The Morgan fingerprint density at radius 2 is 2.00 bits per heavy atom. The summed E-state index contributed by atoms with van der Waals surface area (Å²) in [6.07, 6.45) is 5.32. The van der Waals surface area contributed by atoms with Crippen LogP contribution in [0.1, 0.15) is 46.5 Å². The normalized spacial score (nSPS) is 31.6. The van der Waals surface area contributed by atoms with Crippen molar-refractivity contribution in [2.45, 2.75) is 52.1 Å². The van der Waals surface area contributed by atoms with E-state index in [0.717, 1.165) is 18.4 Å². The minimum Gasteiger partial charge on any atom is -0.444 e. The van der Waals surface area contributed by atoms with Gasteiger partial charge in [-0.1, -0.05) is 6.42 Å². The highest BCUT2D eigenvalue weighted by Gasteiger charge is 2.40. The van der Waals surface area contributed by atoms with E-state index in [1.165, 1.54) is 25.7 Å². The van der Waals surface area contributed by atoms with Gasteiger partial charge in [-0.15, -0.1) is 0 Å². The molecule has 0 radical (unpaired) electrons. The van der Waals surface area contributed by atoms with E-state index in [-0.39, 0.29) is 11.7 Å². The zero-order chi connectivity index (χ0) is 12.6. The molecule has 0 saturated heterocycles. The second kappa shape index (κ2) is 4.51. The predicted octanol–water partition coefficient (Wildman–Crippen LogP) is 3.29. The first-order valence-electron chi connectivity index (χ1n) is 6.79. The van der Waals surface area contributed by atoms with Crippen LogP contribution >= 0.6 is 0 Å². The molecule has 98 valence electrons. The first kappa shape index (κ1) is 12.7. The molecule has 2 saturated carbocycles. The molecular formula is C14H25NO2. The molecule has 0 heterocycles. The molecule has 1 amide bonds. The highest BCUT2D eigenvalue weighted by Crippen LogP contribution is 2.48. The number of hydrogen-bond donors (Lipinski definition) is 0. The summed E-state index contributed by atoms with van der Waals surface area (Å²) in [5.74, 6) is 2.52. The standard InChI is InChI=1S/C14H25NO2/c1-14(2,3)17-13(16)15(4)9-12-8-10-5-6-11(12)7-10/h10-12H,5-9H2,1-4H3. The van der Waals surface area contributed by atoms with Crippen LogP contribution in [0.25, 0.3) is 0 Å². The van der Waals surface area contributed by atoms with E-state index in [1.807, 2.05) is 27.8 Å². The quantitative estimate of drug-likeness (QED) is 0.740. The van der Waals surface area contributed by atoms with Crippen molar-refractivity contribution in [3.63, 3.8) is 0 Å². The van der Waals surface area contributed by atoms with Gasteiger partial charge in [0.1, 0.15) is 5.60 Å². The fourth-order valence-corrected chi connectivity index (χ4v) is 3.37. The van der Waals surface area contributed by atoms with Crippen LogP contribution in [0.4, 0.5) is 4.79 Å². The van der Waals surface area contributed by atoms with Crippen LogP contribution in [0.5, 0.6) is 0 Å².